The highest BCUT2D eigenvalue weighted by atomic mass is 16.7. The van der Waals surface area contributed by atoms with Crippen LogP contribution in [0.15, 0.2) is 90.6 Å². The molecule has 5 nitrogen and oxygen atoms in total. The second-order valence-electron chi connectivity index (χ2n) is 8.76. The van der Waals surface area contributed by atoms with Gasteiger partial charge in [0.15, 0.2) is 6.61 Å². The van der Waals surface area contributed by atoms with Crippen molar-refractivity contribution < 1.29 is 19.1 Å². The van der Waals surface area contributed by atoms with Crippen LogP contribution in [0.25, 0.3) is 0 Å². The van der Waals surface area contributed by atoms with E-state index < -0.39 is 0 Å². The van der Waals surface area contributed by atoms with Crippen molar-refractivity contribution in [1.82, 2.24) is 5.48 Å². The monoisotopic (exact) mass is 471 g/mol. The molecule has 35 heavy (non-hydrogen) atoms. The molecule has 3 aromatic carbocycles. The number of hydrogen-bond acceptors (Lipinski definition) is 5. The summed E-state index contributed by atoms with van der Waals surface area (Å²) in [4.78, 5) is 17.9. The van der Waals surface area contributed by atoms with E-state index in [0.29, 0.717) is 12.5 Å². The van der Waals surface area contributed by atoms with Gasteiger partial charge in [-0.2, -0.15) is 0 Å². The van der Waals surface area contributed by atoms with Crippen LogP contribution in [0, 0.1) is 5.92 Å². The van der Waals surface area contributed by atoms with E-state index in [2.05, 4.69) is 41.9 Å². The van der Waals surface area contributed by atoms with Crippen molar-refractivity contribution in [2.75, 3.05) is 13.2 Å². The molecule has 0 aromatic heterocycles. The first-order valence-corrected chi connectivity index (χ1v) is 12.2. The molecule has 1 aliphatic carbocycles. The number of nitrogens with one attached hydrogen (secondary N) is 1. The van der Waals surface area contributed by atoms with Crippen LogP contribution in [-0.2, 0) is 27.2 Å². The van der Waals surface area contributed by atoms with Gasteiger partial charge in [-0.3, -0.25) is 10.3 Å². The van der Waals surface area contributed by atoms with Crippen molar-refractivity contribution in [1.29, 1.82) is 0 Å². The SMILES string of the molecule is CCOC(=O)COc1cccc2c1CCC(C=C(C)NOC(c1ccccc1)c1ccccc1)C2. The summed E-state index contributed by atoms with van der Waals surface area (Å²) in [6.45, 7) is 4.14. The Labute approximate surface area is 207 Å². The van der Waals surface area contributed by atoms with Gasteiger partial charge in [-0.15, -0.1) is 0 Å². The number of carbonyl (C=O) groups is 1. The van der Waals surface area contributed by atoms with Crippen LogP contribution in [0.1, 0.15) is 48.6 Å². The average Bonchev–Trinajstić information content (AvgIpc) is 2.89. The third-order valence-electron chi connectivity index (χ3n) is 6.16. The van der Waals surface area contributed by atoms with Gasteiger partial charge in [0, 0.05) is 5.70 Å². The molecule has 0 saturated heterocycles. The summed E-state index contributed by atoms with van der Waals surface area (Å²) < 4.78 is 10.7. The first kappa shape index (κ1) is 24.6. The molecular weight excluding hydrogens is 438 g/mol. The normalized spacial score (nSPS) is 15.4. The van der Waals surface area contributed by atoms with Gasteiger partial charge in [-0.25, -0.2) is 4.79 Å². The lowest BCUT2D eigenvalue weighted by atomic mass is 9.83. The highest BCUT2D eigenvalue weighted by Crippen LogP contribution is 2.33. The lowest BCUT2D eigenvalue weighted by Gasteiger charge is -2.25. The molecule has 4 rings (SSSR count). The summed E-state index contributed by atoms with van der Waals surface area (Å²) in [5.74, 6) is 0.836. The van der Waals surface area contributed by atoms with Crippen LogP contribution in [-0.4, -0.2) is 19.2 Å². The van der Waals surface area contributed by atoms with Crippen molar-refractivity contribution in [3.8, 4) is 5.75 Å². The molecule has 0 heterocycles. The summed E-state index contributed by atoms with van der Waals surface area (Å²) in [7, 11) is 0. The van der Waals surface area contributed by atoms with Gasteiger partial charge in [-0.05, 0) is 67.3 Å². The van der Waals surface area contributed by atoms with Crippen LogP contribution in [0.3, 0.4) is 0 Å². The Morgan fingerprint density at radius 3 is 2.34 bits per heavy atom. The molecule has 0 fully saturated rings. The van der Waals surface area contributed by atoms with Gasteiger partial charge in [0.05, 0.1) is 6.61 Å². The average molecular weight is 472 g/mol. The molecule has 0 amide bonds. The van der Waals surface area contributed by atoms with Crippen LogP contribution in [0.4, 0.5) is 0 Å². The molecule has 0 spiro atoms. The fourth-order valence-electron chi connectivity index (χ4n) is 4.54. The van der Waals surface area contributed by atoms with Gasteiger partial charge >= 0.3 is 5.97 Å². The van der Waals surface area contributed by atoms with E-state index in [0.717, 1.165) is 41.8 Å². The number of ether oxygens (including phenoxy) is 2. The molecular formula is C30H33NO4. The minimum atomic E-state index is -0.340. The van der Waals surface area contributed by atoms with Crippen molar-refractivity contribution in [3.63, 3.8) is 0 Å². The third-order valence-corrected chi connectivity index (χ3v) is 6.16. The van der Waals surface area contributed by atoms with Crippen molar-refractivity contribution in [2.45, 2.75) is 39.2 Å². The van der Waals surface area contributed by atoms with Crippen molar-refractivity contribution >= 4 is 5.97 Å². The predicted octanol–water partition coefficient (Wildman–Crippen LogP) is 5.95. The van der Waals surface area contributed by atoms with Gasteiger partial charge in [0.1, 0.15) is 11.9 Å². The number of benzene rings is 3. The van der Waals surface area contributed by atoms with E-state index in [1.165, 1.54) is 11.1 Å². The number of allylic oxidation sites excluding steroid dienone is 2. The Morgan fingerprint density at radius 2 is 1.69 bits per heavy atom. The van der Waals surface area contributed by atoms with Crippen LogP contribution in [0.5, 0.6) is 5.75 Å². The van der Waals surface area contributed by atoms with Crippen LogP contribution < -0.4 is 10.2 Å². The maximum Gasteiger partial charge on any atom is 0.344 e. The van der Waals surface area contributed by atoms with Crippen molar-refractivity contribution in [3.05, 3.63) is 113 Å². The minimum absolute atomic E-state index is 0.0576. The Morgan fingerprint density at radius 1 is 1.00 bits per heavy atom. The summed E-state index contributed by atoms with van der Waals surface area (Å²) in [6.07, 6.45) is 4.88. The van der Waals surface area contributed by atoms with E-state index >= 15 is 0 Å². The zero-order valence-corrected chi connectivity index (χ0v) is 20.4. The van der Waals surface area contributed by atoms with E-state index in [4.69, 9.17) is 14.3 Å². The summed E-state index contributed by atoms with van der Waals surface area (Å²) in [6, 6.07) is 26.5. The third kappa shape index (κ3) is 6.74. The first-order chi connectivity index (χ1) is 17.1. The smallest absolute Gasteiger partial charge is 0.344 e. The molecule has 1 aliphatic rings. The fourth-order valence-corrected chi connectivity index (χ4v) is 4.54. The van der Waals surface area contributed by atoms with E-state index in [9.17, 15) is 4.79 Å². The number of esters is 1. The quantitative estimate of drug-likeness (QED) is 0.293. The molecule has 0 saturated carbocycles. The summed E-state index contributed by atoms with van der Waals surface area (Å²) in [5, 5.41) is 0. The first-order valence-electron chi connectivity index (χ1n) is 12.2. The number of carbonyl (C=O) groups excluding carboxylic acids is 1. The second-order valence-corrected chi connectivity index (χ2v) is 8.76. The predicted molar refractivity (Wildman–Crippen MR) is 137 cm³/mol. The van der Waals surface area contributed by atoms with E-state index in [-0.39, 0.29) is 18.7 Å². The molecule has 1 N–H and O–H groups in total. The molecule has 3 aromatic rings. The van der Waals surface area contributed by atoms with Crippen molar-refractivity contribution in [2.24, 2.45) is 5.92 Å². The van der Waals surface area contributed by atoms with Gasteiger partial charge in [0.25, 0.3) is 0 Å². The van der Waals surface area contributed by atoms with Gasteiger partial charge in [-0.1, -0.05) is 78.9 Å². The summed E-state index contributed by atoms with van der Waals surface area (Å²) >= 11 is 0. The number of hydroxylamine groups is 1. The standard InChI is InChI=1S/C30H33NO4/c1-3-33-29(32)21-34-28-16-10-15-26-20-23(17-18-27(26)28)19-22(2)31-35-30(24-11-6-4-7-12-24)25-13-8-5-9-14-25/h4-16,19,23,30-31H,3,17-18,20-21H2,1-2H3. The highest BCUT2D eigenvalue weighted by molar-refractivity contribution is 5.71. The maximum absolute atomic E-state index is 11.7. The molecule has 0 radical (unpaired) electrons. The minimum Gasteiger partial charge on any atom is -0.482 e. The zero-order valence-electron chi connectivity index (χ0n) is 20.4. The Bertz CT molecular complexity index is 1090. The number of rotatable bonds is 10. The fraction of sp³-hybridized carbons (Fsp3) is 0.300. The van der Waals surface area contributed by atoms with E-state index in [1.807, 2.05) is 55.5 Å². The number of hydrogen-bond donors (Lipinski definition) is 1. The van der Waals surface area contributed by atoms with Crippen LogP contribution >= 0.6 is 0 Å². The number of fused-ring (bicyclic) bond motifs is 1. The Balaban J connectivity index is 1.39. The second kappa shape index (κ2) is 12.2. The molecule has 0 aliphatic heterocycles. The van der Waals surface area contributed by atoms with Gasteiger partial charge < -0.3 is 9.47 Å². The van der Waals surface area contributed by atoms with E-state index in [1.54, 1.807) is 6.92 Å². The lowest BCUT2D eigenvalue weighted by Crippen LogP contribution is -2.20. The largest absolute Gasteiger partial charge is 0.482 e. The molecule has 1 atom stereocenters. The molecule has 0 bridgehead atoms. The molecule has 5 heteroatoms. The Hall–Kier alpha value is -3.57. The van der Waals surface area contributed by atoms with Crippen LogP contribution in [0.2, 0.25) is 0 Å². The highest BCUT2D eigenvalue weighted by Gasteiger charge is 2.21. The summed E-state index contributed by atoms with van der Waals surface area (Å²) in [5.41, 5.74) is 8.83. The Kier molecular flexibility index (Phi) is 8.58. The maximum atomic E-state index is 11.7. The topological polar surface area (TPSA) is 56.8 Å². The molecule has 1 unspecified atom stereocenters. The zero-order chi connectivity index (χ0) is 24.5. The van der Waals surface area contributed by atoms with Gasteiger partial charge in [0.2, 0.25) is 0 Å². The molecule has 182 valence electrons. The lowest BCUT2D eigenvalue weighted by molar-refractivity contribution is -0.145.